The number of methoxy groups -OCH3 is 1. The Morgan fingerprint density at radius 3 is 2.86 bits per heavy atom. The van der Waals surface area contributed by atoms with Gasteiger partial charge in [0.15, 0.2) is 11.7 Å². The number of carbonyl (C=O) groups excluding carboxylic acids is 2. The molecule has 0 N–H and O–H groups in total. The van der Waals surface area contributed by atoms with Gasteiger partial charge in [-0.3, -0.25) is 9.59 Å². The molecule has 21 heavy (non-hydrogen) atoms. The molecule has 0 saturated heterocycles. The third-order valence-electron chi connectivity index (χ3n) is 3.01. The lowest BCUT2D eigenvalue weighted by Crippen LogP contribution is -2.13. The lowest BCUT2D eigenvalue weighted by molar-refractivity contribution is -0.142. The second kappa shape index (κ2) is 6.01. The standard InChI is InChI=1S/C15H13N3O3/c1-10(19)13(7-12(8-16)15(20)21-2)11-3-4-14-17-5-6-18(14)9-11/h3-7,9,12H,1-2H3/b13-7+. The maximum Gasteiger partial charge on any atom is 0.327 e. The second-order valence-electron chi connectivity index (χ2n) is 4.38. The number of aromatic nitrogens is 2. The summed E-state index contributed by atoms with van der Waals surface area (Å²) in [5.74, 6) is -2.05. The van der Waals surface area contributed by atoms with Crippen molar-refractivity contribution >= 4 is 23.0 Å². The van der Waals surface area contributed by atoms with Crippen LogP contribution in [0.2, 0.25) is 0 Å². The van der Waals surface area contributed by atoms with Crippen LogP contribution in [0.25, 0.3) is 11.2 Å². The third kappa shape index (κ3) is 2.98. The number of hydrogen-bond acceptors (Lipinski definition) is 5. The number of carbonyl (C=O) groups is 2. The summed E-state index contributed by atoms with van der Waals surface area (Å²) in [5.41, 5.74) is 1.64. The van der Waals surface area contributed by atoms with Gasteiger partial charge in [0.05, 0.1) is 13.2 Å². The van der Waals surface area contributed by atoms with Crippen LogP contribution in [0, 0.1) is 17.2 Å². The van der Waals surface area contributed by atoms with Crippen LogP contribution < -0.4 is 0 Å². The van der Waals surface area contributed by atoms with E-state index in [1.807, 2.05) is 6.07 Å². The summed E-state index contributed by atoms with van der Waals surface area (Å²) in [5, 5.41) is 9.02. The van der Waals surface area contributed by atoms with E-state index in [9.17, 15) is 9.59 Å². The number of ether oxygens (including phenoxy) is 1. The van der Waals surface area contributed by atoms with E-state index >= 15 is 0 Å². The Morgan fingerprint density at radius 2 is 2.24 bits per heavy atom. The Bertz CT molecular complexity index is 768. The maximum absolute atomic E-state index is 11.8. The van der Waals surface area contributed by atoms with Gasteiger partial charge < -0.3 is 9.14 Å². The van der Waals surface area contributed by atoms with Crippen LogP contribution in [0.15, 0.2) is 36.8 Å². The average Bonchev–Trinajstić information content (AvgIpc) is 2.94. The first-order valence-corrected chi connectivity index (χ1v) is 6.20. The zero-order valence-corrected chi connectivity index (χ0v) is 11.6. The van der Waals surface area contributed by atoms with Crippen LogP contribution in [0.4, 0.5) is 0 Å². The van der Waals surface area contributed by atoms with Gasteiger partial charge in [-0.25, -0.2) is 4.98 Å². The molecule has 2 aromatic rings. The second-order valence-corrected chi connectivity index (χ2v) is 4.38. The molecule has 106 valence electrons. The summed E-state index contributed by atoms with van der Waals surface area (Å²) in [6, 6.07) is 5.30. The lowest BCUT2D eigenvalue weighted by Gasteiger charge is -2.07. The van der Waals surface area contributed by atoms with Gasteiger partial charge >= 0.3 is 5.97 Å². The van der Waals surface area contributed by atoms with Gasteiger partial charge in [0, 0.05) is 29.7 Å². The summed E-state index contributed by atoms with van der Waals surface area (Å²) >= 11 is 0. The number of hydrogen-bond donors (Lipinski definition) is 0. The minimum Gasteiger partial charge on any atom is -0.468 e. The predicted octanol–water partition coefficient (Wildman–Crippen LogP) is 1.62. The predicted molar refractivity (Wildman–Crippen MR) is 75.0 cm³/mol. The van der Waals surface area contributed by atoms with Gasteiger partial charge in [-0.15, -0.1) is 0 Å². The highest BCUT2D eigenvalue weighted by atomic mass is 16.5. The smallest absolute Gasteiger partial charge is 0.327 e. The van der Waals surface area contributed by atoms with E-state index in [2.05, 4.69) is 9.72 Å². The van der Waals surface area contributed by atoms with Crippen LogP contribution in [0.5, 0.6) is 0 Å². The van der Waals surface area contributed by atoms with E-state index in [0.29, 0.717) is 11.1 Å². The van der Waals surface area contributed by atoms with Gasteiger partial charge in [-0.05, 0) is 25.1 Å². The first-order valence-electron chi connectivity index (χ1n) is 6.20. The van der Waals surface area contributed by atoms with Gasteiger partial charge in [0.1, 0.15) is 5.65 Å². The molecule has 2 rings (SSSR count). The number of ketones is 1. The molecule has 0 bridgehead atoms. The van der Waals surface area contributed by atoms with Crippen LogP contribution in [-0.2, 0) is 14.3 Å². The van der Waals surface area contributed by atoms with Crippen molar-refractivity contribution in [3.05, 3.63) is 42.4 Å². The van der Waals surface area contributed by atoms with E-state index in [1.54, 1.807) is 35.1 Å². The first-order chi connectivity index (χ1) is 10.1. The van der Waals surface area contributed by atoms with Crippen LogP contribution in [0.3, 0.4) is 0 Å². The van der Waals surface area contributed by atoms with Crippen LogP contribution >= 0.6 is 0 Å². The van der Waals surface area contributed by atoms with E-state index in [-0.39, 0.29) is 5.78 Å². The van der Waals surface area contributed by atoms with Crippen LogP contribution in [0.1, 0.15) is 12.5 Å². The van der Waals surface area contributed by atoms with Crippen molar-refractivity contribution < 1.29 is 14.3 Å². The number of allylic oxidation sites excluding steroid dienone is 1. The number of Topliss-reactive ketones (excluding diaryl/α,β-unsaturated/α-hetero) is 1. The summed E-state index contributed by atoms with van der Waals surface area (Å²) in [7, 11) is 1.20. The molecular formula is C15H13N3O3. The highest BCUT2D eigenvalue weighted by Crippen LogP contribution is 2.19. The zero-order valence-electron chi connectivity index (χ0n) is 11.6. The normalized spacial score (nSPS) is 12.7. The number of nitriles is 1. The van der Waals surface area contributed by atoms with Crippen LogP contribution in [-0.4, -0.2) is 28.2 Å². The lowest BCUT2D eigenvalue weighted by atomic mass is 9.99. The van der Waals surface area contributed by atoms with Gasteiger partial charge in [-0.2, -0.15) is 5.26 Å². The molecule has 0 aliphatic heterocycles. The molecule has 6 nitrogen and oxygen atoms in total. The summed E-state index contributed by atoms with van der Waals surface area (Å²) < 4.78 is 6.30. The summed E-state index contributed by atoms with van der Waals surface area (Å²) in [6.07, 6.45) is 6.44. The summed E-state index contributed by atoms with van der Waals surface area (Å²) in [4.78, 5) is 27.4. The number of nitrogens with zero attached hydrogens (tertiary/aromatic N) is 3. The van der Waals surface area contributed by atoms with Crippen molar-refractivity contribution in [3.63, 3.8) is 0 Å². The Kier molecular flexibility index (Phi) is 4.14. The molecule has 0 aromatic carbocycles. The maximum atomic E-state index is 11.8. The molecule has 1 atom stereocenters. The SMILES string of the molecule is COC(=O)C(C#N)/C=C(\C(C)=O)c1ccc2nccn2c1. The van der Waals surface area contributed by atoms with Crippen molar-refractivity contribution in [3.8, 4) is 6.07 Å². The van der Waals surface area contributed by atoms with Crippen molar-refractivity contribution in [2.45, 2.75) is 6.92 Å². The van der Waals surface area contributed by atoms with Crippen molar-refractivity contribution in [1.29, 1.82) is 5.26 Å². The first kappa shape index (κ1) is 14.5. The molecule has 0 amide bonds. The molecule has 6 heteroatoms. The Hall–Kier alpha value is -2.94. The quantitative estimate of drug-likeness (QED) is 0.628. The Balaban J connectivity index is 2.49. The monoisotopic (exact) mass is 283 g/mol. The van der Waals surface area contributed by atoms with Crippen molar-refractivity contribution in [1.82, 2.24) is 9.38 Å². The fraction of sp³-hybridized carbons (Fsp3) is 0.200. The minimum absolute atomic E-state index is 0.237. The molecule has 2 heterocycles. The summed E-state index contributed by atoms with van der Waals surface area (Å²) in [6.45, 7) is 1.38. The molecule has 2 aromatic heterocycles. The molecule has 1 unspecified atom stereocenters. The average molecular weight is 283 g/mol. The topological polar surface area (TPSA) is 84.5 Å². The highest BCUT2D eigenvalue weighted by molar-refractivity contribution is 6.20. The molecule has 0 fully saturated rings. The van der Waals surface area contributed by atoms with E-state index in [0.717, 1.165) is 5.65 Å². The number of pyridine rings is 1. The van der Waals surface area contributed by atoms with Gasteiger partial charge in [-0.1, -0.05) is 0 Å². The molecule has 0 aliphatic carbocycles. The fourth-order valence-corrected chi connectivity index (χ4v) is 1.95. The number of rotatable bonds is 4. The molecular weight excluding hydrogens is 270 g/mol. The number of fused-ring (bicyclic) bond motifs is 1. The van der Waals surface area contributed by atoms with E-state index in [1.165, 1.54) is 20.1 Å². The van der Waals surface area contributed by atoms with Gasteiger partial charge in [0.2, 0.25) is 0 Å². The third-order valence-corrected chi connectivity index (χ3v) is 3.01. The largest absolute Gasteiger partial charge is 0.468 e. The number of esters is 1. The molecule has 0 spiro atoms. The van der Waals surface area contributed by atoms with Gasteiger partial charge in [0.25, 0.3) is 0 Å². The minimum atomic E-state index is -1.12. The molecule has 0 saturated carbocycles. The highest BCUT2D eigenvalue weighted by Gasteiger charge is 2.19. The molecule has 0 aliphatic rings. The van der Waals surface area contributed by atoms with Crippen molar-refractivity contribution in [2.24, 2.45) is 5.92 Å². The van der Waals surface area contributed by atoms with Crippen molar-refractivity contribution in [2.75, 3.05) is 7.11 Å². The van der Waals surface area contributed by atoms with E-state index < -0.39 is 11.9 Å². The van der Waals surface area contributed by atoms with E-state index in [4.69, 9.17) is 5.26 Å². The Labute approximate surface area is 121 Å². The number of imidazole rings is 1. The molecule has 0 radical (unpaired) electrons. The fourth-order valence-electron chi connectivity index (χ4n) is 1.95. The zero-order chi connectivity index (χ0) is 15.4. The Morgan fingerprint density at radius 1 is 1.48 bits per heavy atom.